The minimum atomic E-state index is -0.448. The Morgan fingerprint density at radius 3 is 2.79 bits per heavy atom. The molecule has 0 aliphatic rings. The largest absolute Gasteiger partial charge is 0.325 e. The molecule has 0 aliphatic carbocycles. The summed E-state index contributed by atoms with van der Waals surface area (Å²) in [6, 6.07) is 10.8. The lowest BCUT2D eigenvalue weighted by atomic mass is 10.2. The highest BCUT2D eigenvalue weighted by molar-refractivity contribution is 9.10. The van der Waals surface area contributed by atoms with Crippen molar-refractivity contribution in [3.05, 3.63) is 61.8 Å². The molecule has 8 heteroatoms. The predicted octanol–water partition coefficient (Wildman–Crippen LogP) is 5.26. The van der Waals surface area contributed by atoms with Crippen molar-refractivity contribution in [2.24, 2.45) is 0 Å². The Kier molecular flexibility index (Phi) is 6.47. The lowest BCUT2D eigenvalue weighted by Crippen LogP contribution is -2.26. The van der Waals surface area contributed by atoms with E-state index in [1.54, 1.807) is 35.8 Å². The Hall–Kier alpha value is -1.83. The molecule has 1 heterocycles. The summed E-state index contributed by atoms with van der Waals surface area (Å²) in [6.07, 6.45) is 0. The first-order chi connectivity index (χ1) is 13.3. The lowest BCUT2D eigenvalue weighted by Gasteiger charge is -2.16. The van der Waals surface area contributed by atoms with Crippen molar-refractivity contribution in [2.75, 3.05) is 5.32 Å². The maximum atomic E-state index is 12.8. The van der Waals surface area contributed by atoms with Gasteiger partial charge in [0.2, 0.25) is 5.91 Å². The predicted molar refractivity (Wildman–Crippen MR) is 120 cm³/mol. The molecule has 28 heavy (non-hydrogen) atoms. The fourth-order valence-electron chi connectivity index (χ4n) is 2.72. The average Bonchev–Trinajstić information content (AvgIpc) is 2.65. The molecular weight excluding hydrogens is 462 g/mol. The van der Waals surface area contributed by atoms with Crippen molar-refractivity contribution in [1.29, 1.82) is 0 Å². The van der Waals surface area contributed by atoms with Crippen LogP contribution in [0.1, 0.15) is 19.4 Å². The number of nitrogens with zero attached hydrogens (tertiary/aromatic N) is 2. The van der Waals surface area contributed by atoms with Gasteiger partial charge < -0.3 is 5.32 Å². The van der Waals surface area contributed by atoms with Crippen LogP contribution < -0.4 is 10.9 Å². The molecule has 1 atom stereocenters. The number of carbonyl (C=O) groups is 1. The van der Waals surface area contributed by atoms with Gasteiger partial charge in [-0.1, -0.05) is 45.4 Å². The maximum Gasteiger partial charge on any atom is 0.262 e. The number of rotatable bonds is 5. The van der Waals surface area contributed by atoms with E-state index in [2.05, 4.69) is 26.2 Å². The third kappa shape index (κ3) is 4.42. The standard InChI is InChI=1S/C20H19BrClN3O2S/c1-4-25-19(27)15-9-13(21)6-8-16(15)24-20(25)28-12(3)18(26)23-17-10-14(22)7-5-11(17)2/h5-10,12H,4H2,1-3H3,(H,23,26). The highest BCUT2D eigenvalue weighted by Crippen LogP contribution is 2.26. The van der Waals surface area contributed by atoms with Gasteiger partial charge in [-0.25, -0.2) is 4.98 Å². The first kappa shape index (κ1) is 20.9. The number of halogens is 2. The van der Waals surface area contributed by atoms with Crippen molar-refractivity contribution < 1.29 is 4.79 Å². The molecule has 1 N–H and O–H groups in total. The van der Waals surface area contributed by atoms with Crippen molar-refractivity contribution >= 4 is 61.8 Å². The molecule has 0 fully saturated rings. The van der Waals surface area contributed by atoms with E-state index in [9.17, 15) is 9.59 Å². The molecule has 0 bridgehead atoms. The summed E-state index contributed by atoms with van der Waals surface area (Å²) in [6.45, 7) is 6.05. The van der Waals surface area contributed by atoms with E-state index in [0.29, 0.717) is 33.3 Å². The number of benzene rings is 2. The summed E-state index contributed by atoms with van der Waals surface area (Å²) in [7, 11) is 0. The van der Waals surface area contributed by atoms with Crippen molar-refractivity contribution in [1.82, 2.24) is 9.55 Å². The normalized spacial score (nSPS) is 12.2. The summed E-state index contributed by atoms with van der Waals surface area (Å²) in [4.78, 5) is 30.1. The summed E-state index contributed by atoms with van der Waals surface area (Å²) in [5, 5.41) is 4.08. The fourth-order valence-corrected chi connectivity index (χ4v) is 4.22. The smallest absolute Gasteiger partial charge is 0.262 e. The van der Waals surface area contributed by atoms with Gasteiger partial charge in [-0.05, 0) is 56.7 Å². The molecule has 1 unspecified atom stereocenters. The van der Waals surface area contributed by atoms with E-state index in [-0.39, 0.29) is 11.5 Å². The molecule has 0 radical (unpaired) electrons. The molecule has 1 amide bonds. The molecule has 0 saturated heterocycles. The number of aryl methyl sites for hydroxylation is 1. The van der Waals surface area contributed by atoms with Crippen LogP contribution in [-0.2, 0) is 11.3 Å². The van der Waals surface area contributed by atoms with E-state index in [0.717, 1.165) is 10.0 Å². The summed E-state index contributed by atoms with van der Waals surface area (Å²) < 4.78 is 2.42. The SMILES string of the molecule is CCn1c(SC(C)C(=O)Nc2cc(Cl)ccc2C)nc2ccc(Br)cc2c1=O. The zero-order valence-electron chi connectivity index (χ0n) is 15.6. The zero-order chi connectivity index (χ0) is 20.4. The number of nitrogens with one attached hydrogen (secondary N) is 1. The van der Waals surface area contributed by atoms with Gasteiger partial charge in [0.1, 0.15) is 0 Å². The Bertz CT molecular complexity index is 1120. The van der Waals surface area contributed by atoms with E-state index in [1.165, 1.54) is 11.8 Å². The highest BCUT2D eigenvalue weighted by atomic mass is 79.9. The van der Waals surface area contributed by atoms with Crippen molar-refractivity contribution in [3.63, 3.8) is 0 Å². The number of thioether (sulfide) groups is 1. The number of aromatic nitrogens is 2. The maximum absolute atomic E-state index is 12.8. The second-order valence-electron chi connectivity index (χ2n) is 6.31. The Balaban J connectivity index is 1.89. The Morgan fingerprint density at radius 2 is 2.07 bits per heavy atom. The quantitative estimate of drug-likeness (QED) is 0.400. The van der Waals surface area contributed by atoms with Gasteiger partial charge in [-0.2, -0.15) is 0 Å². The number of hydrogen-bond donors (Lipinski definition) is 1. The van der Waals surface area contributed by atoms with Crippen molar-refractivity contribution in [3.8, 4) is 0 Å². The van der Waals surface area contributed by atoms with Crippen LogP contribution in [0.25, 0.3) is 10.9 Å². The topological polar surface area (TPSA) is 64.0 Å². The number of anilines is 1. The monoisotopic (exact) mass is 479 g/mol. The van der Waals surface area contributed by atoms with Crippen LogP contribution in [0.4, 0.5) is 5.69 Å². The van der Waals surface area contributed by atoms with Crippen LogP contribution in [0.2, 0.25) is 5.02 Å². The first-order valence-electron chi connectivity index (χ1n) is 8.74. The third-order valence-electron chi connectivity index (χ3n) is 4.31. The Labute approximate surface area is 180 Å². The zero-order valence-corrected chi connectivity index (χ0v) is 18.8. The Morgan fingerprint density at radius 1 is 1.32 bits per heavy atom. The fraction of sp³-hybridized carbons (Fsp3) is 0.250. The molecule has 0 saturated carbocycles. The van der Waals surface area contributed by atoms with Gasteiger partial charge >= 0.3 is 0 Å². The van der Waals surface area contributed by atoms with Gasteiger partial charge in [-0.15, -0.1) is 0 Å². The van der Waals surface area contributed by atoms with Gasteiger partial charge in [0, 0.05) is 21.7 Å². The molecule has 2 aromatic carbocycles. The first-order valence-corrected chi connectivity index (χ1v) is 10.8. The molecule has 0 aliphatic heterocycles. The lowest BCUT2D eigenvalue weighted by molar-refractivity contribution is -0.115. The minimum absolute atomic E-state index is 0.116. The van der Waals surface area contributed by atoms with Gasteiger partial charge in [0.25, 0.3) is 5.56 Å². The minimum Gasteiger partial charge on any atom is -0.325 e. The average molecular weight is 481 g/mol. The second-order valence-corrected chi connectivity index (χ2v) is 8.97. The second kappa shape index (κ2) is 8.68. The van der Waals surface area contributed by atoms with E-state index < -0.39 is 5.25 Å². The number of fused-ring (bicyclic) bond motifs is 1. The number of carbonyl (C=O) groups excluding carboxylic acids is 1. The van der Waals surface area contributed by atoms with Gasteiger partial charge in [-0.3, -0.25) is 14.2 Å². The number of hydrogen-bond acceptors (Lipinski definition) is 4. The van der Waals surface area contributed by atoms with Gasteiger partial charge in [0.05, 0.1) is 16.2 Å². The molecule has 5 nitrogen and oxygen atoms in total. The van der Waals surface area contributed by atoms with E-state index >= 15 is 0 Å². The molecule has 0 spiro atoms. The molecule has 3 rings (SSSR count). The summed E-state index contributed by atoms with van der Waals surface area (Å²) in [5.41, 5.74) is 2.09. The van der Waals surface area contributed by atoms with Crippen LogP contribution in [-0.4, -0.2) is 20.7 Å². The van der Waals surface area contributed by atoms with E-state index in [4.69, 9.17) is 11.6 Å². The summed E-state index contributed by atoms with van der Waals surface area (Å²) in [5.74, 6) is -0.178. The summed E-state index contributed by atoms with van der Waals surface area (Å²) >= 11 is 10.7. The molecule has 3 aromatic rings. The van der Waals surface area contributed by atoms with Crippen LogP contribution >= 0.6 is 39.3 Å². The van der Waals surface area contributed by atoms with Crippen LogP contribution in [0, 0.1) is 6.92 Å². The molecule has 146 valence electrons. The number of amides is 1. The van der Waals surface area contributed by atoms with Crippen molar-refractivity contribution in [2.45, 2.75) is 37.7 Å². The van der Waals surface area contributed by atoms with Crippen LogP contribution in [0.15, 0.2) is 50.8 Å². The van der Waals surface area contributed by atoms with E-state index in [1.807, 2.05) is 26.0 Å². The third-order valence-corrected chi connectivity index (χ3v) is 6.12. The molecular formula is C20H19BrClN3O2S. The van der Waals surface area contributed by atoms with Gasteiger partial charge in [0.15, 0.2) is 5.16 Å². The molecule has 1 aromatic heterocycles. The van der Waals surface area contributed by atoms with Crippen LogP contribution in [0.5, 0.6) is 0 Å². The highest BCUT2D eigenvalue weighted by Gasteiger charge is 2.20. The van der Waals surface area contributed by atoms with Crippen LogP contribution in [0.3, 0.4) is 0 Å².